The molecule has 0 unspecified atom stereocenters. The molecular weight excluding hydrogens is 319 g/mol. The van der Waals surface area contributed by atoms with E-state index >= 15 is 0 Å². The number of nitrogens with zero attached hydrogens (tertiary/aromatic N) is 2. The van der Waals surface area contributed by atoms with Crippen LogP contribution in [0.25, 0.3) is 6.08 Å². The molecule has 0 fully saturated rings. The summed E-state index contributed by atoms with van der Waals surface area (Å²) >= 11 is 1.36. The van der Waals surface area contributed by atoms with Crippen molar-refractivity contribution in [2.45, 2.75) is 6.92 Å². The van der Waals surface area contributed by atoms with Gasteiger partial charge in [-0.05, 0) is 42.5 Å². The number of amides is 1. The number of halogens is 1. The fourth-order valence-electron chi connectivity index (χ4n) is 2.10. The van der Waals surface area contributed by atoms with E-state index in [4.69, 9.17) is 4.74 Å². The third kappa shape index (κ3) is 3.68. The number of thiazole rings is 1. The maximum atomic E-state index is 13.5. The molecule has 122 valence electrons. The maximum absolute atomic E-state index is 13.5. The highest BCUT2D eigenvalue weighted by molar-refractivity contribution is 7.16. The van der Waals surface area contributed by atoms with Crippen LogP contribution in [0, 0.1) is 5.82 Å². The summed E-state index contributed by atoms with van der Waals surface area (Å²) in [5.74, 6) is -0.578. The molecule has 0 aliphatic carbocycles. The Morgan fingerprint density at radius 1 is 1.48 bits per heavy atom. The minimum atomic E-state index is -0.515. The standard InChI is InChI=1S/C16H17FN2O3S/c1-10(20)7-12-9-18(2)16(23-12)19(3)15(21)11-5-6-13(17)14(8-11)22-4/h5-9H,1-4H3/p+1. The van der Waals surface area contributed by atoms with E-state index in [0.29, 0.717) is 10.7 Å². The normalized spacial score (nSPS) is 11.4. The number of benzene rings is 1. The van der Waals surface area contributed by atoms with E-state index in [2.05, 4.69) is 0 Å². The van der Waals surface area contributed by atoms with E-state index in [9.17, 15) is 14.3 Å². The summed E-state index contributed by atoms with van der Waals surface area (Å²) in [4.78, 5) is 14.9. The van der Waals surface area contributed by atoms with E-state index in [1.165, 1.54) is 41.5 Å². The third-order valence-corrected chi connectivity index (χ3v) is 4.38. The summed E-state index contributed by atoms with van der Waals surface area (Å²) in [5.41, 5.74) is 0.328. The van der Waals surface area contributed by atoms with Gasteiger partial charge in [0.1, 0.15) is 6.20 Å². The van der Waals surface area contributed by atoms with Gasteiger partial charge < -0.3 is 9.84 Å². The number of anilines is 1. The van der Waals surface area contributed by atoms with E-state index in [-0.39, 0.29) is 17.4 Å². The molecule has 1 aromatic carbocycles. The SMILES string of the molecule is COc1cc(C(=O)N(C)c2sc(C=C(C)O)c[n+]2C)ccc1F. The van der Waals surface area contributed by atoms with E-state index in [1.807, 2.05) is 13.2 Å². The van der Waals surface area contributed by atoms with Crippen molar-refractivity contribution >= 4 is 28.5 Å². The van der Waals surface area contributed by atoms with Crippen LogP contribution in [0.1, 0.15) is 22.2 Å². The zero-order valence-electron chi connectivity index (χ0n) is 13.3. The van der Waals surface area contributed by atoms with E-state index in [0.717, 1.165) is 4.88 Å². The lowest BCUT2D eigenvalue weighted by molar-refractivity contribution is -0.654. The predicted molar refractivity (Wildman–Crippen MR) is 87.5 cm³/mol. The van der Waals surface area contributed by atoms with Gasteiger partial charge in [0.25, 0.3) is 0 Å². The fraction of sp³-hybridized carbons (Fsp3) is 0.250. The number of carbonyl (C=O) groups is 1. The second kappa shape index (κ2) is 6.78. The minimum absolute atomic E-state index is 0.0272. The van der Waals surface area contributed by atoms with Crippen molar-refractivity contribution in [2.24, 2.45) is 7.05 Å². The van der Waals surface area contributed by atoms with Gasteiger partial charge in [-0.2, -0.15) is 4.90 Å². The van der Waals surface area contributed by atoms with Crippen LogP contribution in [0.3, 0.4) is 0 Å². The lowest BCUT2D eigenvalue weighted by Gasteiger charge is -2.09. The molecular formula is C16H18FN2O3S+. The number of allylic oxidation sites excluding steroid dienone is 1. The molecule has 0 atom stereocenters. The summed E-state index contributed by atoms with van der Waals surface area (Å²) in [7, 11) is 4.81. The minimum Gasteiger partial charge on any atom is -0.513 e. The summed E-state index contributed by atoms with van der Waals surface area (Å²) in [6, 6.07) is 4.00. The molecule has 0 saturated carbocycles. The van der Waals surface area contributed by atoms with Gasteiger partial charge in [0.15, 0.2) is 11.6 Å². The fourth-order valence-corrected chi connectivity index (χ4v) is 3.17. The Kier molecular flexibility index (Phi) is 5.00. The molecule has 1 amide bonds. The van der Waals surface area contributed by atoms with Crippen molar-refractivity contribution in [3.8, 4) is 5.75 Å². The van der Waals surface area contributed by atoms with Gasteiger partial charge in [-0.1, -0.05) is 0 Å². The molecule has 0 aliphatic heterocycles. The van der Waals surface area contributed by atoms with Crippen molar-refractivity contribution in [1.82, 2.24) is 0 Å². The number of aromatic nitrogens is 1. The highest BCUT2D eigenvalue weighted by atomic mass is 32.1. The first kappa shape index (κ1) is 17.0. The number of ether oxygens (including phenoxy) is 1. The zero-order valence-corrected chi connectivity index (χ0v) is 14.1. The first-order chi connectivity index (χ1) is 10.8. The second-order valence-corrected chi connectivity index (χ2v) is 6.07. The van der Waals surface area contributed by atoms with Gasteiger partial charge in [0.2, 0.25) is 0 Å². The topological polar surface area (TPSA) is 53.6 Å². The van der Waals surface area contributed by atoms with Crippen molar-refractivity contribution in [1.29, 1.82) is 0 Å². The molecule has 1 heterocycles. The molecule has 0 bridgehead atoms. The van der Waals surface area contributed by atoms with Crippen LogP contribution < -0.4 is 14.2 Å². The summed E-state index contributed by atoms with van der Waals surface area (Å²) in [6.45, 7) is 1.58. The second-order valence-electron chi connectivity index (χ2n) is 5.03. The number of aryl methyl sites for hydroxylation is 1. The molecule has 1 aromatic heterocycles. The maximum Gasteiger partial charge on any atom is 0.343 e. The van der Waals surface area contributed by atoms with Gasteiger partial charge in [-0.3, -0.25) is 0 Å². The average molecular weight is 337 g/mol. The first-order valence-electron chi connectivity index (χ1n) is 6.81. The van der Waals surface area contributed by atoms with Crippen LogP contribution >= 0.6 is 11.3 Å². The van der Waals surface area contributed by atoms with Crippen LogP contribution in [0.4, 0.5) is 9.52 Å². The molecule has 0 radical (unpaired) electrons. The van der Waals surface area contributed by atoms with E-state index < -0.39 is 5.82 Å². The van der Waals surface area contributed by atoms with Crippen molar-refractivity contribution in [2.75, 3.05) is 19.1 Å². The van der Waals surface area contributed by atoms with Crippen LogP contribution in [0.5, 0.6) is 5.75 Å². The van der Waals surface area contributed by atoms with Crippen LogP contribution in [0.15, 0.2) is 30.2 Å². The van der Waals surface area contributed by atoms with E-state index in [1.54, 1.807) is 24.6 Å². The van der Waals surface area contributed by atoms with Crippen LogP contribution in [-0.4, -0.2) is 25.2 Å². The number of carbonyl (C=O) groups excluding carboxylic acids is 1. The number of rotatable bonds is 4. The molecule has 0 spiro atoms. The van der Waals surface area contributed by atoms with Gasteiger partial charge in [0, 0.05) is 0 Å². The molecule has 0 saturated heterocycles. The lowest BCUT2D eigenvalue weighted by Crippen LogP contribution is -2.37. The largest absolute Gasteiger partial charge is 0.513 e. The van der Waals surface area contributed by atoms with Crippen molar-refractivity contribution in [3.05, 3.63) is 46.4 Å². The lowest BCUT2D eigenvalue weighted by atomic mass is 10.2. The van der Waals surface area contributed by atoms with Gasteiger partial charge in [-0.25, -0.2) is 13.8 Å². The Morgan fingerprint density at radius 2 is 2.17 bits per heavy atom. The molecule has 23 heavy (non-hydrogen) atoms. The van der Waals surface area contributed by atoms with Crippen LogP contribution in [-0.2, 0) is 7.05 Å². The highest BCUT2D eigenvalue weighted by Crippen LogP contribution is 2.24. The van der Waals surface area contributed by atoms with Gasteiger partial charge in [-0.15, -0.1) is 0 Å². The Morgan fingerprint density at radius 3 is 2.78 bits per heavy atom. The van der Waals surface area contributed by atoms with Gasteiger partial charge in [0.05, 0.1) is 37.4 Å². The Bertz CT molecular complexity index is 767. The third-order valence-electron chi connectivity index (χ3n) is 3.17. The zero-order chi connectivity index (χ0) is 17.1. The molecule has 7 heteroatoms. The predicted octanol–water partition coefficient (Wildman–Crippen LogP) is 2.92. The Balaban J connectivity index is 2.33. The number of methoxy groups -OCH3 is 1. The number of hydrogen-bond acceptors (Lipinski definition) is 4. The summed E-state index contributed by atoms with van der Waals surface area (Å²) in [6.07, 6.45) is 3.43. The average Bonchev–Trinajstić information content (AvgIpc) is 2.86. The van der Waals surface area contributed by atoms with Crippen molar-refractivity contribution < 1.29 is 23.6 Å². The molecule has 1 N–H and O–H groups in total. The molecule has 2 rings (SSSR count). The molecule has 5 nitrogen and oxygen atoms in total. The Hall–Kier alpha value is -2.41. The van der Waals surface area contributed by atoms with Gasteiger partial charge >= 0.3 is 11.0 Å². The number of aliphatic hydroxyl groups is 1. The van der Waals surface area contributed by atoms with Crippen LogP contribution in [0.2, 0.25) is 0 Å². The van der Waals surface area contributed by atoms with Crippen molar-refractivity contribution in [3.63, 3.8) is 0 Å². The monoisotopic (exact) mass is 337 g/mol. The summed E-state index contributed by atoms with van der Waals surface area (Å²) in [5, 5.41) is 10.0. The molecule has 2 aromatic rings. The summed E-state index contributed by atoms with van der Waals surface area (Å²) < 4.78 is 20.2. The first-order valence-corrected chi connectivity index (χ1v) is 7.63. The number of aliphatic hydroxyl groups excluding tert-OH is 1. The molecule has 0 aliphatic rings. The number of hydrogen-bond donors (Lipinski definition) is 1. The Labute approximate surface area is 137 Å². The quantitative estimate of drug-likeness (QED) is 0.689. The highest BCUT2D eigenvalue weighted by Gasteiger charge is 2.26. The smallest absolute Gasteiger partial charge is 0.343 e.